The molecule has 42 heavy (non-hydrogen) atoms. The second-order valence-electron chi connectivity index (χ2n) is 11.1. The average Bonchev–Trinajstić information content (AvgIpc) is 3.47. The van der Waals surface area contributed by atoms with E-state index in [4.69, 9.17) is 11.6 Å². The molecule has 0 radical (unpaired) electrons. The van der Waals surface area contributed by atoms with Crippen LogP contribution >= 0.6 is 11.6 Å². The molecule has 4 rings (SSSR count). The van der Waals surface area contributed by atoms with Gasteiger partial charge >= 0.3 is 0 Å². The minimum Gasteiger partial charge on any atom is -0.352 e. The maximum Gasteiger partial charge on any atom is 0.264 e. The number of aryl methyl sites for hydroxylation is 3. The van der Waals surface area contributed by atoms with Crippen LogP contribution < -0.4 is 9.62 Å². The smallest absolute Gasteiger partial charge is 0.264 e. The first-order chi connectivity index (χ1) is 20.0. The van der Waals surface area contributed by atoms with E-state index in [1.165, 1.54) is 9.21 Å². The van der Waals surface area contributed by atoms with E-state index in [0.29, 0.717) is 28.3 Å². The maximum atomic E-state index is 14.3. The van der Waals surface area contributed by atoms with Gasteiger partial charge in [0.25, 0.3) is 10.0 Å². The standard InChI is InChI=1S/C33H40ClN3O4S/c1-5-30(33(39)35-27-11-7-8-12-27)36(21-26-10-6-9-13-29(26)34)32(38)22-37(31-20-24(3)14-17-25(31)4)42(40,41)28-18-15-23(2)16-19-28/h6,9-10,13-20,27,30H,5,7-8,11-12,21-22H2,1-4H3,(H,35,39). The second kappa shape index (κ2) is 13.7. The highest BCUT2D eigenvalue weighted by Gasteiger charge is 2.35. The van der Waals surface area contributed by atoms with Crippen molar-refractivity contribution in [2.24, 2.45) is 0 Å². The summed E-state index contributed by atoms with van der Waals surface area (Å²) in [6.45, 7) is 7.04. The molecule has 1 unspecified atom stereocenters. The van der Waals surface area contributed by atoms with Gasteiger partial charge in [-0.1, -0.05) is 79.4 Å². The van der Waals surface area contributed by atoms with Crippen molar-refractivity contribution in [2.75, 3.05) is 10.8 Å². The summed E-state index contributed by atoms with van der Waals surface area (Å²) in [6, 6.07) is 18.6. The van der Waals surface area contributed by atoms with Crippen LogP contribution in [0.3, 0.4) is 0 Å². The summed E-state index contributed by atoms with van der Waals surface area (Å²) in [4.78, 5) is 29.5. The molecule has 0 aromatic heterocycles. The first-order valence-corrected chi connectivity index (χ1v) is 16.3. The van der Waals surface area contributed by atoms with E-state index in [9.17, 15) is 18.0 Å². The fraction of sp³-hybridized carbons (Fsp3) is 0.394. The number of anilines is 1. The molecule has 1 fully saturated rings. The zero-order chi connectivity index (χ0) is 30.4. The second-order valence-corrected chi connectivity index (χ2v) is 13.4. The number of nitrogens with zero attached hydrogens (tertiary/aromatic N) is 2. The summed E-state index contributed by atoms with van der Waals surface area (Å²) in [7, 11) is -4.13. The fourth-order valence-electron chi connectivity index (χ4n) is 5.44. The molecule has 9 heteroatoms. The molecule has 7 nitrogen and oxygen atoms in total. The molecule has 0 aliphatic heterocycles. The van der Waals surface area contributed by atoms with Gasteiger partial charge in [-0.3, -0.25) is 13.9 Å². The van der Waals surface area contributed by atoms with E-state index in [1.807, 2.05) is 52.0 Å². The van der Waals surface area contributed by atoms with E-state index >= 15 is 0 Å². The molecule has 224 valence electrons. The monoisotopic (exact) mass is 609 g/mol. The van der Waals surface area contributed by atoms with Crippen LogP contribution in [0, 0.1) is 20.8 Å². The van der Waals surface area contributed by atoms with Crippen LogP contribution in [-0.2, 0) is 26.2 Å². The number of sulfonamides is 1. The lowest BCUT2D eigenvalue weighted by Crippen LogP contribution is -2.53. The normalized spacial score (nSPS) is 14.4. The molecule has 1 aliphatic carbocycles. The van der Waals surface area contributed by atoms with Crippen molar-refractivity contribution in [3.63, 3.8) is 0 Å². The van der Waals surface area contributed by atoms with Crippen LogP contribution in [0.4, 0.5) is 5.69 Å². The van der Waals surface area contributed by atoms with Crippen molar-refractivity contribution in [1.29, 1.82) is 0 Å². The van der Waals surface area contributed by atoms with E-state index in [2.05, 4.69) is 5.32 Å². The molecular formula is C33H40ClN3O4S. The van der Waals surface area contributed by atoms with Gasteiger partial charge in [-0.15, -0.1) is 0 Å². The Bertz CT molecular complexity index is 1520. The Morgan fingerprint density at radius 2 is 1.60 bits per heavy atom. The Morgan fingerprint density at radius 1 is 0.952 bits per heavy atom. The summed E-state index contributed by atoms with van der Waals surface area (Å²) < 4.78 is 29.4. The highest BCUT2D eigenvalue weighted by molar-refractivity contribution is 7.92. The number of rotatable bonds is 11. The van der Waals surface area contributed by atoms with Crippen molar-refractivity contribution in [1.82, 2.24) is 10.2 Å². The molecule has 2 amide bonds. The van der Waals surface area contributed by atoms with Gasteiger partial charge in [0.05, 0.1) is 10.6 Å². The number of carbonyl (C=O) groups excluding carboxylic acids is 2. The van der Waals surface area contributed by atoms with E-state index in [0.717, 1.165) is 36.8 Å². The van der Waals surface area contributed by atoms with Crippen LogP contribution in [0.5, 0.6) is 0 Å². The van der Waals surface area contributed by atoms with Crippen LogP contribution in [-0.4, -0.2) is 43.8 Å². The zero-order valence-electron chi connectivity index (χ0n) is 24.8. The summed E-state index contributed by atoms with van der Waals surface area (Å²) in [5.41, 5.74) is 3.60. The maximum absolute atomic E-state index is 14.3. The minimum atomic E-state index is -4.13. The van der Waals surface area contributed by atoms with Gasteiger partial charge < -0.3 is 10.2 Å². The van der Waals surface area contributed by atoms with E-state index in [-0.39, 0.29) is 23.4 Å². The van der Waals surface area contributed by atoms with Gasteiger partial charge in [-0.2, -0.15) is 0 Å². The molecule has 0 saturated heterocycles. The van der Waals surface area contributed by atoms with Crippen molar-refractivity contribution < 1.29 is 18.0 Å². The lowest BCUT2D eigenvalue weighted by Gasteiger charge is -2.34. The van der Waals surface area contributed by atoms with Gasteiger partial charge in [0, 0.05) is 17.6 Å². The average molecular weight is 610 g/mol. The largest absolute Gasteiger partial charge is 0.352 e. The summed E-state index contributed by atoms with van der Waals surface area (Å²) in [5, 5.41) is 3.60. The van der Waals surface area contributed by atoms with Gasteiger partial charge in [0.1, 0.15) is 12.6 Å². The first-order valence-electron chi connectivity index (χ1n) is 14.5. The van der Waals surface area contributed by atoms with E-state index in [1.54, 1.807) is 42.5 Å². The summed E-state index contributed by atoms with van der Waals surface area (Å²) in [6.07, 6.45) is 4.31. The molecule has 0 heterocycles. The topological polar surface area (TPSA) is 86.8 Å². The number of halogens is 1. The Hall–Kier alpha value is -3.36. The molecule has 0 bridgehead atoms. The molecule has 1 aliphatic rings. The molecule has 1 N–H and O–H groups in total. The SMILES string of the molecule is CCC(C(=O)NC1CCCC1)N(Cc1ccccc1Cl)C(=O)CN(c1cc(C)ccc1C)S(=O)(=O)c1ccc(C)cc1. The Labute approximate surface area is 254 Å². The predicted octanol–water partition coefficient (Wildman–Crippen LogP) is 6.33. The van der Waals surface area contributed by atoms with Crippen LogP contribution in [0.2, 0.25) is 5.02 Å². The van der Waals surface area contributed by atoms with Crippen LogP contribution in [0.1, 0.15) is 61.3 Å². The van der Waals surface area contributed by atoms with Gasteiger partial charge in [-0.25, -0.2) is 8.42 Å². The molecule has 0 spiro atoms. The Kier molecular flexibility index (Phi) is 10.3. The number of nitrogens with one attached hydrogen (secondary N) is 1. The predicted molar refractivity (Wildman–Crippen MR) is 168 cm³/mol. The molecule has 3 aromatic rings. The number of carbonyl (C=O) groups is 2. The quantitative estimate of drug-likeness (QED) is 0.275. The zero-order valence-corrected chi connectivity index (χ0v) is 26.3. The number of amides is 2. The van der Waals surface area contributed by atoms with Crippen molar-refractivity contribution in [3.05, 3.63) is 94.0 Å². The van der Waals surface area contributed by atoms with Crippen molar-refractivity contribution >= 4 is 39.1 Å². The van der Waals surface area contributed by atoms with Crippen LogP contribution in [0.25, 0.3) is 0 Å². The molecule has 3 aromatic carbocycles. The molecule has 1 saturated carbocycles. The van der Waals surface area contributed by atoms with Crippen molar-refractivity contribution in [3.8, 4) is 0 Å². The highest BCUT2D eigenvalue weighted by atomic mass is 35.5. The van der Waals surface area contributed by atoms with Gasteiger partial charge in [-0.05, 0) is 81.0 Å². The first kappa shape index (κ1) is 31.6. The third kappa shape index (κ3) is 7.34. The molecule has 1 atom stereocenters. The summed E-state index contributed by atoms with van der Waals surface area (Å²) >= 11 is 6.50. The highest BCUT2D eigenvalue weighted by Crippen LogP contribution is 2.29. The fourth-order valence-corrected chi connectivity index (χ4v) is 7.10. The molecular weight excluding hydrogens is 570 g/mol. The number of benzene rings is 3. The minimum absolute atomic E-state index is 0.0698. The number of hydrogen-bond acceptors (Lipinski definition) is 4. The van der Waals surface area contributed by atoms with Gasteiger partial charge in [0.15, 0.2) is 0 Å². The Morgan fingerprint density at radius 3 is 2.24 bits per heavy atom. The Balaban J connectivity index is 1.75. The van der Waals surface area contributed by atoms with Crippen molar-refractivity contribution in [2.45, 2.75) is 83.3 Å². The van der Waals surface area contributed by atoms with Gasteiger partial charge in [0.2, 0.25) is 11.8 Å². The van der Waals surface area contributed by atoms with E-state index < -0.39 is 28.5 Å². The lowest BCUT2D eigenvalue weighted by molar-refractivity contribution is -0.140. The lowest BCUT2D eigenvalue weighted by atomic mass is 10.1. The third-order valence-electron chi connectivity index (χ3n) is 7.91. The number of hydrogen-bond donors (Lipinski definition) is 1. The third-order valence-corrected chi connectivity index (χ3v) is 10.0. The van der Waals surface area contributed by atoms with Crippen LogP contribution in [0.15, 0.2) is 71.6 Å². The summed E-state index contributed by atoms with van der Waals surface area (Å²) in [5.74, 6) is -0.718.